The topological polar surface area (TPSA) is 94.0 Å². The molecule has 102 valence electrons. The molecule has 0 saturated heterocycles. The molecule has 0 aliphatic rings. The molecule has 0 aliphatic carbocycles. The van der Waals surface area contributed by atoms with Crippen LogP contribution in [0.1, 0.15) is 27.9 Å². The van der Waals surface area contributed by atoms with E-state index in [-0.39, 0.29) is 5.56 Å². The van der Waals surface area contributed by atoms with Gasteiger partial charge in [-0.2, -0.15) is 4.98 Å². The lowest BCUT2D eigenvalue weighted by atomic mass is 10.2. The summed E-state index contributed by atoms with van der Waals surface area (Å²) >= 11 is 0. The smallest absolute Gasteiger partial charge is 0.335 e. The molecule has 7 heteroatoms. The number of rotatable bonds is 3. The van der Waals surface area contributed by atoms with Crippen LogP contribution in [0.25, 0.3) is 11.0 Å². The summed E-state index contributed by atoms with van der Waals surface area (Å²) < 4.78 is 7.01. The van der Waals surface area contributed by atoms with Crippen LogP contribution in [0.15, 0.2) is 22.7 Å². The van der Waals surface area contributed by atoms with Crippen LogP contribution in [-0.4, -0.2) is 30.8 Å². The van der Waals surface area contributed by atoms with Gasteiger partial charge in [0.25, 0.3) is 0 Å². The number of nitrogens with zero attached hydrogens (tertiary/aromatic N) is 4. The van der Waals surface area contributed by atoms with Crippen molar-refractivity contribution in [3.8, 4) is 0 Å². The third kappa shape index (κ3) is 2.03. The van der Waals surface area contributed by atoms with Gasteiger partial charge in [0.1, 0.15) is 12.4 Å². The zero-order chi connectivity index (χ0) is 14.3. The highest BCUT2D eigenvalue weighted by molar-refractivity contribution is 5.92. The Morgan fingerprint density at radius 3 is 2.80 bits per heavy atom. The van der Waals surface area contributed by atoms with Gasteiger partial charge in [0.05, 0.1) is 16.6 Å². The van der Waals surface area contributed by atoms with Crippen LogP contribution in [0.5, 0.6) is 0 Å². The maximum atomic E-state index is 11.0. The molecule has 3 rings (SSSR count). The molecule has 3 aromatic rings. The van der Waals surface area contributed by atoms with Crippen LogP contribution in [0, 0.1) is 13.8 Å². The molecular weight excluding hydrogens is 260 g/mol. The molecule has 0 aliphatic heterocycles. The van der Waals surface area contributed by atoms with Gasteiger partial charge in [-0.3, -0.25) is 0 Å². The minimum absolute atomic E-state index is 0.218. The molecule has 0 amide bonds. The van der Waals surface area contributed by atoms with Crippen LogP contribution >= 0.6 is 0 Å². The molecule has 20 heavy (non-hydrogen) atoms. The zero-order valence-electron chi connectivity index (χ0n) is 11.0. The lowest BCUT2D eigenvalue weighted by molar-refractivity contribution is 0.0697. The van der Waals surface area contributed by atoms with Gasteiger partial charge in [0.15, 0.2) is 5.82 Å². The van der Waals surface area contributed by atoms with Gasteiger partial charge >= 0.3 is 5.97 Å². The highest BCUT2D eigenvalue weighted by Crippen LogP contribution is 2.19. The Bertz CT molecular complexity index is 803. The van der Waals surface area contributed by atoms with E-state index in [9.17, 15) is 4.79 Å². The van der Waals surface area contributed by atoms with Crippen molar-refractivity contribution in [1.82, 2.24) is 19.7 Å². The van der Waals surface area contributed by atoms with Crippen LogP contribution in [-0.2, 0) is 6.54 Å². The van der Waals surface area contributed by atoms with Gasteiger partial charge in [-0.05, 0) is 32.0 Å². The van der Waals surface area contributed by atoms with E-state index in [1.165, 1.54) is 0 Å². The molecule has 0 saturated carbocycles. The van der Waals surface area contributed by atoms with Gasteiger partial charge in [0.2, 0.25) is 5.89 Å². The van der Waals surface area contributed by atoms with E-state index in [4.69, 9.17) is 9.63 Å². The summed E-state index contributed by atoms with van der Waals surface area (Å²) in [5.74, 6) is 0.868. The van der Waals surface area contributed by atoms with Crippen molar-refractivity contribution in [1.29, 1.82) is 0 Å². The fourth-order valence-corrected chi connectivity index (χ4v) is 2.12. The second-order valence-electron chi connectivity index (χ2n) is 4.49. The average Bonchev–Trinajstić information content (AvgIpc) is 2.94. The fourth-order valence-electron chi connectivity index (χ4n) is 2.12. The Labute approximate surface area is 113 Å². The second kappa shape index (κ2) is 4.44. The Morgan fingerprint density at radius 2 is 2.15 bits per heavy atom. The molecule has 0 radical (unpaired) electrons. The maximum absolute atomic E-state index is 11.0. The SMILES string of the molecule is Cc1noc(Cn2c(C)nc3cc(C(=O)O)ccc32)n1. The fraction of sp³-hybridized carbons (Fsp3) is 0.231. The van der Waals surface area contributed by atoms with Crippen molar-refractivity contribution in [2.75, 3.05) is 0 Å². The average molecular weight is 272 g/mol. The molecule has 7 nitrogen and oxygen atoms in total. The monoisotopic (exact) mass is 272 g/mol. The molecular formula is C13H12N4O3. The van der Waals surface area contributed by atoms with Crippen molar-refractivity contribution >= 4 is 17.0 Å². The number of benzene rings is 1. The summed E-state index contributed by atoms with van der Waals surface area (Å²) in [5.41, 5.74) is 1.69. The molecule has 2 heterocycles. The number of imidazole rings is 1. The van der Waals surface area contributed by atoms with E-state index in [0.29, 0.717) is 23.8 Å². The summed E-state index contributed by atoms with van der Waals surface area (Å²) in [4.78, 5) is 19.5. The summed E-state index contributed by atoms with van der Waals surface area (Å²) in [6.07, 6.45) is 0. The number of carboxylic acids is 1. The third-order valence-electron chi connectivity index (χ3n) is 3.05. The Kier molecular flexibility index (Phi) is 2.74. The lowest BCUT2D eigenvalue weighted by Gasteiger charge is -2.02. The van der Waals surface area contributed by atoms with Gasteiger partial charge in [-0.1, -0.05) is 5.16 Å². The van der Waals surface area contributed by atoms with Crippen LogP contribution < -0.4 is 0 Å². The maximum Gasteiger partial charge on any atom is 0.335 e. The van der Waals surface area contributed by atoms with Gasteiger partial charge in [-0.25, -0.2) is 9.78 Å². The number of aromatic carboxylic acids is 1. The highest BCUT2D eigenvalue weighted by Gasteiger charge is 2.13. The molecule has 1 N–H and O–H groups in total. The molecule has 2 aromatic heterocycles. The van der Waals surface area contributed by atoms with Gasteiger partial charge < -0.3 is 14.2 Å². The zero-order valence-corrected chi connectivity index (χ0v) is 11.0. The second-order valence-corrected chi connectivity index (χ2v) is 4.49. The summed E-state index contributed by atoms with van der Waals surface area (Å²) in [7, 11) is 0. The minimum atomic E-state index is -0.966. The normalized spacial score (nSPS) is 11.1. The largest absolute Gasteiger partial charge is 0.478 e. The molecule has 1 aromatic carbocycles. The lowest BCUT2D eigenvalue weighted by Crippen LogP contribution is -2.02. The van der Waals surface area contributed by atoms with E-state index in [2.05, 4.69) is 15.1 Å². The van der Waals surface area contributed by atoms with Crippen molar-refractivity contribution < 1.29 is 14.4 Å². The number of hydrogen-bond donors (Lipinski definition) is 1. The van der Waals surface area contributed by atoms with E-state index < -0.39 is 5.97 Å². The number of hydrogen-bond acceptors (Lipinski definition) is 5. The van der Waals surface area contributed by atoms with E-state index in [1.54, 1.807) is 25.1 Å². The Morgan fingerprint density at radius 1 is 1.35 bits per heavy atom. The number of aryl methyl sites for hydroxylation is 2. The summed E-state index contributed by atoms with van der Waals surface area (Å²) in [6, 6.07) is 4.85. The first-order chi connectivity index (χ1) is 9.54. The van der Waals surface area contributed by atoms with Crippen LogP contribution in [0.3, 0.4) is 0 Å². The van der Waals surface area contributed by atoms with Crippen molar-refractivity contribution in [3.05, 3.63) is 41.3 Å². The molecule has 0 atom stereocenters. The van der Waals surface area contributed by atoms with Crippen LogP contribution in [0.4, 0.5) is 0 Å². The standard InChI is InChI=1S/C13H12N4O3/c1-7-14-12(20-16-7)6-17-8(2)15-10-5-9(13(18)19)3-4-11(10)17/h3-5H,6H2,1-2H3,(H,18,19). The predicted octanol–water partition coefficient (Wildman–Crippen LogP) is 1.78. The minimum Gasteiger partial charge on any atom is -0.478 e. The molecule has 0 spiro atoms. The Balaban J connectivity index is 2.06. The molecule has 0 fully saturated rings. The van der Waals surface area contributed by atoms with Crippen LogP contribution in [0.2, 0.25) is 0 Å². The first kappa shape index (κ1) is 12.3. The first-order valence-corrected chi connectivity index (χ1v) is 6.04. The first-order valence-electron chi connectivity index (χ1n) is 6.04. The quantitative estimate of drug-likeness (QED) is 0.781. The molecule has 0 bridgehead atoms. The Hall–Kier alpha value is -2.70. The van der Waals surface area contributed by atoms with Crippen molar-refractivity contribution in [3.63, 3.8) is 0 Å². The predicted molar refractivity (Wildman–Crippen MR) is 69.6 cm³/mol. The third-order valence-corrected chi connectivity index (χ3v) is 3.05. The van der Waals surface area contributed by atoms with E-state index in [0.717, 1.165) is 11.3 Å². The van der Waals surface area contributed by atoms with E-state index >= 15 is 0 Å². The number of carbonyl (C=O) groups is 1. The van der Waals surface area contributed by atoms with Crippen molar-refractivity contribution in [2.45, 2.75) is 20.4 Å². The van der Waals surface area contributed by atoms with Gasteiger partial charge in [0, 0.05) is 0 Å². The summed E-state index contributed by atoms with van der Waals surface area (Å²) in [6.45, 7) is 4.02. The summed E-state index contributed by atoms with van der Waals surface area (Å²) in [5, 5.41) is 12.7. The number of fused-ring (bicyclic) bond motifs is 1. The number of aromatic nitrogens is 4. The number of carboxylic acid groups (broad SMARTS) is 1. The highest BCUT2D eigenvalue weighted by atomic mass is 16.5. The van der Waals surface area contributed by atoms with E-state index in [1.807, 2.05) is 11.5 Å². The van der Waals surface area contributed by atoms with Crippen molar-refractivity contribution in [2.24, 2.45) is 0 Å². The molecule has 0 unspecified atom stereocenters. The van der Waals surface area contributed by atoms with Gasteiger partial charge in [-0.15, -0.1) is 0 Å².